The van der Waals surface area contributed by atoms with E-state index in [1.165, 1.54) is 18.2 Å². The summed E-state index contributed by atoms with van der Waals surface area (Å²) in [6.45, 7) is 0. The maximum Gasteiger partial charge on any atom is 0.248 e. The lowest BCUT2D eigenvalue weighted by molar-refractivity contribution is -0.0482. The molecule has 0 aliphatic heterocycles. The Bertz CT molecular complexity index is 417. The molecule has 0 bridgehead atoms. The summed E-state index contributed by atoms with van der Waals surface area (Å²) in [6, 6.07) is 3.17. The molecule has 1 nitrogen and oxygen atoms in total. The second kappa shape index (κ2) is 5.49. The number of alkyl halides is 2. The monoisotopic (exact) mass is 275 g/mol. The Hall–Kier alpha value is -1.10. The highest BCUT2D eigenvalue weighted by Crippen LogP contribution is 2.37. The van der Waals surface area contributed by atoms with Gasteiger partial charge in [-0.15, -0.1) is 0 Å². The number of nitrogens with two attached hydrogens (primary N) is 1. The van der Waals surface area contributed by atoms with Gasteiger partial charge >= 0.3 is 0 Å². The van der Waals surface area contributed by atoms with E-state index in [1.807, 2.05) is 0 Å². The molecule has 1 saturated carbocycles. The molecule has 1 unspecified atom stereocenters. The molecule has 2 rings (SSSR count). The first-order valence-corrected chi connectivity index (χ1v) is 6.45. The molecule has 0 spiro atoms. The Morgan fingerprint density at radius 3 is 2.21 bits per heavy atom. The fraction of sp³-hybridized carbons (Fsp3) is 0.571. The molecule has 1 atom stereocenters. The highest BCUT2D eigenvalue weighted by molar-refractivity contribution is 5.20. The largest absolute Gasteiger partial charge is 0.327 e. The zero-order valence-electron chi connectivity index (χ0n) is 10.5. The molecule has 1 fully saturated rings. The van der Waals surface area contributed by atoms with Crippen LogP contribution in [-0.2, 0) is 6.42 Å². The summed E-state index contributed by atoms with van der Waals surface area (Å²) in [6.07, 6.45) is 0.291. The molecule has 1 aliphatic rings. The molecular formula is C14H17F4N. The van der Waals surface area contributed by atoms with E-state index in [0.717, 1.165) is 0 Å². The first kappa shape index (κ1) is 14.3. The third-order valence-electron chi connectivity index (χ3n) is 3.87. The molecule has 0 radical (unpaired) electrons. The molecular weight excluding hydrogens is 258 g/mol. The molecule has 0 saturated heterocycles. The van der Waals surface area contributed by atoms with E-state index in [2.05, 4.69) is 0 Å². The summed E-state index contributed by atoms with van der Waals surface area (Å²) in [5, 5.41) is 0. The summed E-state index contributed by atoms with van der Waals surface area (Å²) in [7, 11) is 0. The van der Waals surface area contributed by atoms with Crippen molar-refractivity contribution in [3.05, 3.63) is 35.4 Å². The summed E-state index contributed by atoms with van der Waals surface area (Å²) < 4.78 is 53.0. The van der Waals surface area contributed by atoms with Crippen molar-refractivity contribution in [2.24, 2.45) is 11.7 Å². The number of rotatable bonds is 3. The second-order valence-electron chi connectivity index (χ2n) is 5.26. The Morgan fingerprint density at radius 2 is 1.68 bits per heavy atom. The van der Waals surface area contributed by atoms with E-state index >= 15 is 0 Å². The predicted molar refractivity (Wildman–Crippen MR) is 64.9 cm³/mol. The van der Waals surface area contributed by atoms with Crippen LogP contribution in [0.1, 0.15) is 31.2 Å². The van der Waals surface area contributed by atoms with Crippen LogP contribution in [0.2, 0.25) is 0 Å². The Kier molecular flexibility index (Phi) is 4.13. The summed E-state index contributed by atoms with van der Waals surface area (Å²) in [5.74, 6) is -3.97. The maximum atomic E-state index is 13.5. The topological polar surface area (TPSA) is 26.0 Å². The van der Waals surface area contributed by atoms with Crippen molar-refractivity contribution < 1.29 is 17.6 Å². The average molecular weight is 275 g/mol. The highest BCUT2D eigenvalue weighted by Gasteiger charge is 2.37. The smallest absolute Gasteiger partial charge is 0.248 e. The van der Waals surface area contributed by atoms with E-state index in [-0.39, 0.29) is 30.7 Å². The molecule has 0 aromatic heterocycles. The number of hydrogen-bond acceptors (Lipinski definition) is 1. The van der Waals surface area contributed by atoms with Gasteiger partial charge in [0.05, 0.1) is 0 Å². The van der Waals surface area contributed by atoms with Crippen molar-refractivity contribution >= 4 is 0 Å². The van der Waals surface area contributed by atoms with Crippen molar-refractivity contribution in [2.45, 2.75) is 44.1 Å². The lowest BCUT2D eigenvalue weighted by Gasteiger charge is -2.32. The molecule has 0 heterocycles. The Morgan fingerprint density at radius 1 is 1.16 bits per heavy atom. The maximum absolute atomic E-state index is 13.5. The fourth-order valence-corrected chi connectivity index (χ4v) is 2.62. The molecule has 1 aliphatic carbocycles. The third-order valence-corrected chi connectivity index (χ3v) is 3.87. The van der Waals surface area contributed by atoms with Gasteiger partial charge in [-0.25, -0.2) is 17.6 Å². The lowest BCUT2D eigenvalue weighted by atomic mass is 9.80. The summed E-state index contributed by atoms with van der Waals surface area (Å²) in [5.41, 5.74) is 5.88. The average Bonchev–Trinajstić information content (AvgIpc) is 2.33. The van der Waals surface area contributed by atoms with E-state index in [0.29, 0.717) is 12.8 Å². The zero-order valence-corrected chi connectivity index (χ0v) is 10.5. The van der Waals surface area contributed by atoms with Crippen LogP contribution in [0, 0.1) is 17.6 Å². The van der Waals surface area contributed by atoms with Gasteiger partial charge in [0, 0.05) is 24.4 Å². The Labute approximate surface area is 109 Å². The third kappa shape index (κ3) is 3.47. The van der Waals surface area contributed by atoms with Crippen molar-refractivity contribution in [2.75, 3.05) is 0 Å². The minimum atomic E-state index is -2.61. The van der Waals surface area contributed by atoms with Crippen LogP contribution in [0.4, 0.5) is 17.6 Å². The van der Waals surface area contributed by atoms with Crippen molar-refractivity contribution in [1.29, 1.82) is 0 Å². The molecule has 1 aromatic rings. The molecule has 5 heteroatoms. The number of benzene rings is 1. The van der Waals surface area contributed by atoms with Gasteiger partial charge in [0.15, 0.2) is 0 Å². The van der Waals surface area contributed by atoms with Gasteiger partial charge in [-0.2, -0.15) is 0 Å². The summed E-state index contributed by atoms with van der Waals surface area (Å²) >= 11 is 0. The molecule has 19 heavy (non-hydrogen) atoms. The zero-order chi connectivity index (χ0) is 14.0. The lowest BCUT2D eigenvalue weighted by Crippen LogP contribution is -2.37. The Balaban J connectivity index is 2.00. The van der Waals surface area contributed by atoms with Gasteiger partial charge < -0.3 is 5.73 Å². The van der Waals surface area contributed by atoms with Gasteiger partial charge in [0.2, 0.25) is 5.92 Å². The fourth-order valence-electron chi connectivity index (χ4n) is 2.62. The standard InChI is InChI=1S/C14H17F4N/c15-11-2-1-3-12(16)10(11)8-13(19)9-4-6-14(17,18)7-5-9/h1-3,9,13H,4-8,19H2. The number of halogens is 4. The molecule has 1 aromatic carbocycles. The van der Waals surface area contributed by atoms with Crippen LogP contribution in [0.25, 0.3) is 0 Å². The van der Waals surface area contributed by atoms with Crippen LogP contribution >= 0.6 is 0 Å². The van der Waals surface area contributed by atoms with Gasteiger partial charge in [-0.1, -0.05) is 6.07 Å². The predicted octanol–water partition coefficient (Wildman–Crippen LogP) is 3.66. The van der Waals surface area contributed by atoms with Crippen LogP contribution < -0.4 is 5.73 Å². The molecule has 0 amide bonds. The first-order chi connectivity index (χ1) is 8.89. The van der Waals surface area contributed by atoms with Crippen LogP contribution in [0.15, 0.2) is 18.2 Å². The van der Waals surface area contributed by atoms with E-state index in [1.54, 1.807) is 0 Å². The van der Waals surface area contributed by atoms with Gasteiger partial charge in [0.1, 0.15) is 11.6 Å². The van der Waals surface area contributed by atoms with Crippen LogP contribution in [0.5, 0.6) is 0 Å². The van der Waals surface area contributed by atoms with Crippen LogP contribution in [0.3, 0.4) is 0 Å². The second-order valence-corrected chi connectivity index (χ2v) is 5.26. The number of hydrogen-bond donors (Lipinski definition) is 1. The van der Waals surface area contributed by atoms with Crippen LogP contribution in [-0.4, -0.2) is 12.0 Å². The summed E-state index contributed by atoms with van der Waals surface area (Å²) in [4.78, 5) is 0. The highest BCUT2D eigenvalue weighted by atomic mass is 19.3. The van der Waals surface area contributed by atoms with E-state index in [4.69, 9.17) is 5.73 Å². The molecule has 2 N–H and O–H groups in total. The first-order valence-electron chi connectivity index (χ1n) is 6.45. The SMILES string of the molecule is NC(Cc1c(F)cccc1F)C1CCC(F)(F)CC1. The minimum Gasteiger partial charge on any atom is -0.327 e. The van der Waals surface area contributed by atoms with Crippen molar-refractivity contribution in [3.63, 3.8) is 0 Å². The van der Waals surface area contributed by atoms with E-state index in [9.17, 15) is 17.6 Å². The van der Waals surface area contributed by atoms with Crippen molar-refractivity contribution in [1.82, 2.24) is 0 Å². The minimum absolute atomic E-state index is 0.0488. The normalized spacial score (nSPS) is 21.3. The van der Waals surface area contributed by atoms with Gasteiger partial charge in [-0.05, 0) is 37.3 Å². The van der Waals surface area contributed by atoms with E-state index < -0.39 is 23.6 Å². The van der Waals surface area contributed by atoms with Crippen molar-refractivity contribution in [3.8, 4) is 0 Å². The van der Waals surface area contributed by atoms with Gasteiger partial charge in [-0.3, -0.25) is 0 Å². The quantitative estimate of drug-likeness (QED) is 0.837. The van der Waals surface area contributed by atoms with Gasteiger partial charge in [0.25, 0.3) is 0 Å². The molecule has 106 valence electrons.